The Kier molecular flexibility index (Phi) is 7.00. The fourth-order valence-electron chi connectivity index (χ4n) is 3.55. The predicted octanol–water partition coefficient (Wildman–Crippen LogP) is 3.12. The minimum absolute atomic E-state index is 0.0523. The second-order valence-corrected chi connectivity index (χ2v) is 7.42. The second kappa shape index (κ2) is 9.87. The van der Waals surface area contributed by atoms with Crippen molar-refractivity contribution in [2.75, 3.05) is 18.4 Å². The first-order chi connectivity index (χ1) is 14.0. The van der Waals surface area contributed by atoms with Crippen LogP contribution in [-0.4, -0.2) is 40.9 Å². The third-order valence-corrected chi connectivity index (χ3v) is 5.19. The molecule has 0 saturated carbocycles. The minimum Gasteiger partial charge on any atom is -0.481 e. The molecule has 2 aromatic carbocycles. The average Bonchev–Trinajstić information content (AvgIpc) is 2.74. The number of carbonyl (C=O) groups is 3. The van der Waals surface area contributed by atoms with Crippen molar-refractivity contribution in [3.8, 4) is 0 Å². The molecule has 3 rings (SSSR count). The van der Waals surface area contributed by atoms with E-state index in [4.69, 9.17) is 5.11 Å². The van der Waals surface area contributed by atoms with Gasteiger partial charge in [-0.05, 0) is 42.5 Å². The van der Waals surface area contributed by atoms with Gasteiger partial charge in [-0.1, -0.05) is 42.5 Å². The lowest BCUT2D eigenvalue weighted by molar-refractivity contribution is -0.137. The number of rotatable bonds is 7. The normalized spacial score (nSPS) is 16.3. The molecule has 0 radical (unpaired) electrons. The fraction of sp³-hybridized carbons (Fsp3) is 0.348. The predicted molar refractivity (Wildman–Crippen MR) is 110 cm³/mol. The Morgan fingerprint density at radius 1 is 1.00 bits per heavy atom. The molecule has 1 unspecified atom stereocenters. The SMILES string of the molecule is O=C(O)CCc1ccc(NC(=O)C2CCCN(C(=O)Cc3ccccc3)C2)cc1. The molecule has 1 atom stereocenters. The zero-order valence-corrected chi connectivity index (χ0v) is 16.3. The number of anilines is 1. The maximum atomic E-state index is 12.7. The van der Waals surface area contributed by atoms with E-state index in [1.165, 1.54) is 0 Å². The van der Waals surface area contributed by atoms with Gasteiger partial charge in [-0.25, -0.2) is 0 Å². The van der Waals surface area contributed by atoms with Gasteiger partial charge in [-0.15, -0.1) is 0 Å². The smallest absolute Gasteiger partial charge is 0.303 e. The van der Waals surface area contributed by atoms with Crippen LogP contribution in [0.2, 0.25) is 0 Å². The van der Waals surface area contributed by atoms with Crippen molar-refractivity contribution in [2.45, 2.75) is 32.1 Å². The summed E-state index contributed by atoms with van der Waals surface area (Å²) in [5.41, 5.74) is 2.58. The van der Waals surface area contributed by atoms with E-state index in [2.05, 4.69) is 5.32 Å². The number of hydrogen-bond donors (Lipinski definition) is 2. The van der Waals surface area contributed by atoms with Gasteiger partial charge in [0.2, 0.25) is 11.8 Å². The molecule has 0 bridgehead atoms. The van der Waals surface area contributed by atoms with Gasteiger partial charge in [0.15, 0.2) is 0 Å². The van der Waals surface area contributed by atoms with Gasteiger partial charge < -0.3 is 15.3 Å². The molecule has 1 fully saturated rings. The van der Waals surface area contributed by atoms with E-state index in [1.54, 1.807) is 17.0 Å². The van der Waals surface area contributed by atoms with Gasteiger partial charge in [-0.3, -0.25) is 14.4 Å². The molecule has 6 heteroatoms. The van der Waals surface area contributed by atoms with Crippen molar-refractivity contribution in [1.29, 1.82) is 0 Å². The van der Waals surface area contributed by atoms with Crippen LogP contribution in [0.5, 0.6) is 0 Å². The van der Waals surface area contributed by atoms with Crippen LogP contribution < -0.4 is 5.32 Å². The number of likely N-dealkylation sites (tertiary alicyclic amines) is 1. The number of hydrogen-bond acceptors (Lipinski definition) is 3. The van der Waals surface area contributed by atoms with Crippen LogP contribution in [0.15, 0.2) is 54.6 Å². The number of carboxylic acids is 1. The Morgan fingerprint density at radius 2 is 1.72 bits per heavy atom. The van der Waals surface area contributed by atoms with Crippen molar-refractivity contribution < 1.29 is 19.5 Å². The standard InChI is InChI=1S/C23H26N2O4/c26-21(15-18-5-2-1-3-6-18)25-14-4-7-19(16-25)23(29)24-20-11-8-17(9-12-20)10-13-22(27)28/h1-3,5-6,8-9,11-12,19H,4,7,10,13-16H2,(H,24,29)(H,27,28). The molecule has 1 heterocycles. The quantitative estimate of drug-likeness (QED) is 0.755. The van der Waals surface area contributed by atoms with Crippen molar-refractivity contribution >= 4 is 23.5 Å². The third-order valence-electron chi connectivity index (χ3n) is 5.19. The maximum Gasteiger partial charge on any atom is 0.303 e. The summed E-state index contributed by atoms with van der Waals surface area (Å²) in [6, 6.07) is 16.9. The largest absolute Gasteiger partial charge is 0.481 e. The summed E-state index contributed by atoms with van der Waals surface area (Å²) in [4.78, 5) is 37.7. The van der Waals surface area contributed by atoms with E-state index in [-0.39, 0.29) is 24.2 Å². The highest BCUT2D eigenvalue weighted by atomic mass is 16.4. The topological polar surface area (TPSA) is 86.7 Å². The van der Waals surface area contributed by atoms with Gasteiger partial charge in [0.05, 0.1) is 12.3 Å². The second-order valence-electron chi connectivity index (χ2n) is 7.42. The van der Waals surface area contributed by atoms with Crippen LogP contribution in [-0.2, 0) is 27.2 Å². The first kappa shape index (κ1) is 20.6. The van der Waals surface area contributed by atoms with Crippen molar-refractivity contribution in [2.24, 2.45) is 5.92 Å². The van der Waals surface area contributed by atoms with Crippen LogP contribution in [0, 0.1) is 5.92 Å². The number of benzene rings is 2. The first-order valence-electron chi connectivity index (χ1n) is 9.94. The zero-order chi connectivity index (χ0) is 20.6. The highest BCUT2D eigenvalue weighted by Crippen LogP contribution is 2.20. The van der Waals surface area contributed by atoms with Gasteiger partial charge in [0.25, 0.3) is 0 Å². The lowest BCUT2D eigenvalue weighted by atomic mass is 9.96. The van der Waals surface area contributed by atoms with Gasteiger partial charge >= 0.3 is 5.97 Å². The molecule has 29 heavy (non-hydrogen) atoms. The van der Waals surface area contributed by atoms with Gasteiger partial charge in [0.1, 0.15) is 0 Å². The number of nitrogens with one attached hydrogen (secondary N) is 1. The number of amides is 2. The van der Waals surface area contributed by atoms with E-state index in [0.717, 1.165) is 24.0 Å². The molecule has 2 amide bonds. The molecule has 1 aliphatic heterocycles. The van der Waals surface area contributed by atoms with Crippen molar-refractivity contribution in [3.05, 3.63) is 65.7 Å². The Hall–Kier alpha value is -3.15. The summed E-state index contributed by atoms with van der Waals surface area (Å²) in [6.07, 6.45) is 2.47. The average molecular weight is 394 g/mol. The Morgan fingerprint density at radius 3 is 2.41 bits per heavy atom. The lowest BCUT2D eigenvalue weighted by Gasteiger charge is -2.32. The zero-order valence-electron chi connectivity index (χ0n) is 16.3. The number of piperidine rings is 1. The number of carbonyl (C=O) groups excluding carboxylic acids is 2. The molecule has 6 nitrogen and oxygen atoms in total. The Bertz CT molecular complexity index is 849. The minimum atomic E-state index is -0.828. The summed E-state index contributed by atoms with van der Waals surface area (Å²) in [6.45, 7) is 1.13. The molecule has 0 spiro atoms. The number of nitrogens with zero attached hydrogens (tertiary/aromatic N) is 1. The van der Waals surface area contributed by atoms with Crippen LogP contribution >= 0.6 is 0 Å². The lowest BCUT2D eigenvalue weighted by Crippen LogP contribution is -2.44. The molecule has 2 N–H and O–H groups in total. The van der Waals surface area contributed by atoms with E-state index in [9.17, 15) is 14.4 Å². The molecule has 1 saturated heterocycles. The summed E-state index contributed by atoms with van der Waals surface area (Å²) in [5, 5.41) is 11.7. The van der Waals surface area contributed by atoms with Crippen LogP contribution in [0.25, 0.3) is 0 Å². The molecule has 0 aliphatic carbocycles. The molecule has 1 aliphatic rings. The number of carboxylic acid groups (broad SMARTS) is 1. The molecular formula is C23H26N2O4. The maximum absolute atomic E-state index is 12.7. The molecule has 0 aromatic heterocycles. The summed E-state index contributed by atoms with van der Waals surface area (Å²) < 4.78 is 0. The van der Waals surface area contributed by atoms with E-state index >= 15 is 0 Å². The third kappa shape index (κ3) is 6.17. The summed E-state index contributed by atoms with van der Waals surface area (Å²) in [7, 11) is 0. The Labute approximate surface area is 170 Å². The van der Waals surface area contributed by atoms with E-state index in [0.29, 0.717) is 31.6 Å². The molecule has 2 aromatic rings. The van der Waals surface area contributed by atoms with Crippen LogP contribution in [0.1, 0.15) is 30.4 Å². The first-order valence-corrected chi connectivity index (χ1v) is 9.94. The van der Waals surface area contributed by atoms with Gasteiger partial charge in [0, 0.05) is 25.2 Å². The summed E-state index contributed by atoms with van der Waals surface area (Å²) >= 11 is 0. The monoisotopic (exact) mass is 394 g/mol. The van der Waals surface area contributed by atoms with Crippen molar-refractivity contribution in [1.82, 2.24) is 4.90 Å². The van der Waals surface area contributed by atoms with Crippen LogP contribution in [0.4, 0.5) is 5.69 Å². The van der Waals surface area contributed by atoms with Crippen molar-refractivity contribution in [3.63, 3.8) is 0 Å². The molecular weight excluding hydrogens is 368 g/mol. The summed E-state index contributed by atoms with van der Waals surface area (Å²) in [5.74, 6) is -1.09. The highest BCUT2D eigenvalue weighted by Gasteiger charge is 2.28. The number of aryl methyl sites for hydroxylation is 1. The van der Waals surface area contributed by atoms with Gasteiger partial charge in [-0.2, -0.15) is 0 Å². The highest BCUT2D eigenvalue weighted by molar-refractivity contribution is 5.93. The number of aliphatic carboxylic acids is 1. The van der Waals surface area contributed by atoms with E-state index in [1.807, 2.05) is 42.5 Å². The Balaban J connectivity index is 1.52. The van der Waals surface area contributed by atoms with Crippen LogP contribution in [0.3, 0.4) is 0 Å². The van der Waals surface area contributed by atoms with E-state index < -0.39 is 5.97 Å². The molecule has 152 valence electrons. The fourth-order valence-corrected chi connectivity index (χ4v) is 3.55.